The van der Waals surface area contributed by atoms with Gasteiger partial charge in [0.15, 0.2) is 0 Å². The maximum absolute atomic E-state index is 12.7. The Balaban J connectivity index is 0.00000208. The quantitative estimate of drug-likeness (QED) is 0.863. The molecule has 0 radical (unpaired) electrons. The summed E-state index contributed by atoms with van der Waals surface area (Å²) >= 11 is 1.75. The maximum atomic E-state index is 12.7. The lowest BCUT2D eigenvalue weighted by Crippen LogP contribution is -2.49. The van der Waals surface area contributed by atoms with E-state index in [1.165, 1.54) is 5.56 Å². The van der Waals surface area contributed by atoms with Crippen molar-refractivity contribution in [3.63, 3.8) is 0 Å². The van der Waals surface area contributed by atoms with Crippen LogP contribution < -0.4 is 5.32 Å². The van der Waals surface area contributed by atoms with E-state index in [4.69, 9.17) is 0 Å². The Hall–Kier alpha value is -0.750. The lowest BCUT2D eigenvalue weighted by atomic mass is 10.2. The van der Waals surface area contributed by atoms with E-state index >= 15 is 0 Å². The number of benzene rings is 1. The fourth-order valence-corrected chi connectivity index (χ4v) is 4.34. The molecule has 2 fully saturated rings. The molecule has 0 spiro atoms. The van der Waals surface area contributed by atoms with E-state index in [0.29, 0.717) is 11.9 Å². The van der Waals surface area contributed by atoms with Gasteiger partial charge in [0.25, 0.3) is 0 Å². The van der Waals surface area contributed by atoms with E-state index in [9.17, 15) is 4.79 Å². The molecule has 3 rings (SSSR count). The van der Waals surface area contributed by atoms with Gasteiger partial charge in [-0.25, -0.2) is 0 Å². The summed E-state index contributed by atoms with van der Waals surface area (Å²) in [6, 6.07) is 11.0. The lowest BCUT2D eigenvalue weighted by Gasteiger charge is -2.32. The zero-order valence-electron chi connectivity index (χ0n) is 14.3. The van der Waals surface area contributed by atoms with Crippen molar-refractivity contribution in [1.82, 2.24) is 15.1 Å². The first-order valence-electron chi connectivity index (χ1n) is 8.63. The highest BCUT2D eigenvalue weighted by Gasteiger charge is 2.32. The van der Waals surface area contributed by atoms with Gasteiger partial charge in [-0.05, 0) is 18.9 Å². The zero-order valence-corrected chi connectivity index (χ0v) is 16.0. The summed E-state index contributed by atoms with van der Waals surface area (Å²) in [5.74, 6) is 1.21. The van der Waals surface area contributed by atoms with Gasteiger partial charge in [0.05, 0.1) is 5.25 Å². The SMILES string of the molecule is CC(SCc1ccccc1)C(=O)N1CCC(N2CCNCC2)C1.Cl. The molecule has 2 unspecified atom stereocenters. The highest BCUT2D eigenvalue weighted by Crippen LogP contribution is 2.23. The Morgan fingerprint density at radius 2 is 1.96 bits per heavy atom. The van der Waals surface area contributed by atoms with Crippen LogP contribution in [0.2, 0.25) is 0 Å². The largest absolute Gasteiger partial charge is 0.340 e. The summed E-state index contributed by atoms with van der Waals surface area (Å²) in [5.41, 5.74) is 1.29. The number of halogens is 1. The topological polar surface area (TPSA) is 35.6 Å². The number of piperazine rings is 1. The molecule has 1 aromatic carbocycles. The van der Waals surface area contributed by atoms with E-state index in [0.717, 1.165) is 51.4 Å². The van der Waals surface area contributed by atoms with Crippen LogP contribution in [-0.4, -0.2) is 66.3 Å². The molecule has 1 N–H and O–H groups in total. The van der Waals surface area contributed by atoms with E-state index < -0.39 is 0 Å². The predicted octanol–water partition coefficient (Wildman–Crippen LogP) is 2.24. The average Bonchev–Trinajstić information content (AvgIpc) is 3.11. The van der Waals surface area contributed by atoms with Crippen molar-refractivity contribution in [2.45, 2.75) is 30.4 Å². The van der Waals surface area contributed by atoms with Gasteiger partial charge in [-0.15, -0.1) is 24.2 Å². The van der Waals surface area contributed by atoms with Crippen LogP contribution in [0.5, 0.6) is 0 Å². The van der Waals surface area contributed by atoms with Crippen LogP contribution in [0.15, 0.2) is 30.3 Å². The fourth-order valence-electron chi connectivity index (χ4n) is 3.41. The van der Waals surface area contributed by atoms with E-state index in [-0.39, 0.29) is 17.7 Å². The highest BCUT2D eigenvalue weighted by molar-refractivity contribution is 7.99. The molecule has 2 aliphatic rings. The molecule has 0 aromatic heterocycles. The number of nitrogens with one attached hydrogen (secondary N) is 1. The third-order valence-corrected chi connectivity index (χ3v) is 6.04. The number of likely N-dealkylation sites (tertiary alicyclic amines) is 1. The van der Waals surface area contributed by atoms with E-state index in [2.05, 4.69) is 39.4 Å². The van der Waals surface area contributed by atoms with Crippen LogP contribution in [0, 0.1) is 0 Å². The minimum absolute atomic E-state index is 0. The second kappa shape index (κ2) is 9.66. The van der Waals surface area contributed by atoms with Gasteiger partial charge in [0, 0.05) is 51.1 Å². The molecule has 134 valence electrons. The lowest BCUT2D eigenvalue weighted by molar-refractivity contribution is -0.129. The Kier molecular flexibility index (Phi) is 7.88. The smallest absolute Gasteiger partial charge is 0.235 e. The first-order chi connectivity index (χ1) is 11.2. The van der Waals surface area contributed by atoms with Gasteiger partial charge in [-0.1, -0.05) is 30.3 Å². The third kappa shape index (κ3) is 5.12. The van der Waals surface area contributed by atoms with Gasteiger partial charge >= 0.3 is 0 Å². The monoisotopic (exact) mass is 369 g/mol. The van der Waals surface area contributed by atoms with Crippen molar-refractivity contribution < 1.29 is 4.79 Å². The van der Waals surface area contributed by atoms with E-state index in [1.54, 1.807) is 11.8 Å². The molecule has 0 saturated carbocycles. The fraction of sp³-hybridized carbons (Fsp3) is 0.611. The second-order valence-electron chi connectivity index (χ2n) is 6.45. The van der Waals surface area contributed by atoms with Crippen molar-refractivity contribution in [3.05, 3.63) is 35.9 Å². The Morgan fingerprint density at radius 1 is 1.25 bits per heavy atom. The summed E-state index contributed by atoms with van der Waals surface area (Å²) in [4.78, 5) is 17.3. The summed E-state index contributed by atoms with van der Waals surface area (Å²) < 4.78 is 0. The number of hydrogen-bond donors (Lipinski definition) is 1. The van der Waals surface area contributed by atoms with Crippen molar-refractivity contribution in [3.8, 4) is 0 Å². The van der Waals surface area contributed by atoms with Crippen molar-refractivity contribution in [2.24, 2.45) is 0 Å². The van der Waals surface area contributed by atoms with Gasteiger partial charge in [-0.2, -0.15) is 0 Å². The normalized spacial score (nSPS) is 22.9. The number of nitrogens with zero attached hydrogens (tertiary/aromatic N) is 2. The molecule has 2 aliphatic heterocycles. The first-order valence-corrected chi connectivity index (χ1v) is 9.68. The van der Waals surface area contributed by atoms with Crippen molar-refractivity contribution >= 4 is 30.1 Å². The molecule has 4 nitrogen and oxygen atoms in total. The molecule has 2 atom stereocenters. The molecule has 0 aliphatic carbocycles. The molecule has 1 aromatic rings. The van der Waals surface area contributed by atoms with Gasteiger partial charge < -0.3 is 10.2 Å². The standard InChI is InChI=1S/C18H27N3OS.ClH/c1-15(23-14-16-5-3-2-4-6-16)18(22)21-10-7-17(13-21)20-11-8-19-9-12-20;/h2-6,15,17,19H,7-14H2,1H3;1H. The van der Waals surface area contributed by atoms with Crippen LogP contribution in [0.4, 0.5) is 0 Å². The molecule has 1 amide bonds. The Bertz CT molecular complexity index is 510. The zero-order chi connectivity index (χ0) is 16.1. The Labute approximate surface area is 155 Å². The number of amides is 1. The average molecular weight is 370 g/mol. The minimum Gasteiger partial charge on any atom is -0.340 e. The molecule has 2 saturated heterocycles. The van der Waals surface area contributed by atoms with Crippen molar-refractivity contribution in [2.75, 3.05) is 39.3 Å². The van der Waals surface area contributed by atoms with Crippen LogP contribution >= 0.6 is 24.2 Å². The van der Waals surface area contributed by atoms with Gasteiger partial charge in [0.2, 0.25) is 5.91 Å². The van der Waals surface area contributed by atoms with E-state index in [1.807, 2.05) is 13.0 Å². The number of rotatable bonds is 5. The number of hydrogen-bond acceptors (Lipinski definition) is 4. The van der Waals surface area contributed by atoms with Crippen molar-refractivity contribution in [1.29, 1.82) is 0 Å². The summed E-state index contributed by atoms with van der Waals surface area (Å²) in [7, 11) is 0. The first kappa shape index (κ1) is 19.6. The number of thioether (sulfide) groups is 1. The molecular formula is C18H28ClN3OS. The minimum atomic E-state index is 0. The van der Waals surface area contributed by atoms with Crippen LogP contribution in [0.1, 0.15) is 18.9 Å². The highest BCUT2D eigenvalue weighted by atomic mass is 35.5. The van der Waals surface area contributed by atoms with Gasteiger partial charge in [-0.3, -0.25) is 9.69 Å². The number of carbonyl (C=O) groups is 1. The second-order valence-corrected chi connectivity index (χ2v) is 7.78. The molecule has 0 bridgehead atoms. The van der Waals surface area contributed by atoms with Crippen LogP contribution in [0.3, 0.4) is 0 Å². The maximum Gasteiger partial charge on any atom is 0.235 e. The van der Waals surface area contributed by atoms with Crippen LogP contribution in [0.25, 0.3) is 0 Å². The molecule has 6 heteroatoms. The summed E-state index contributed by atoms with van der Waals surface area (Å²) in [6.45, 7) is 8.27. The molecular weight excluding hydrogens is 342 g/mol. The molecule has 2 heterocycles. The summed E-state index contributed by atoms with van der Waals surface area (Å²) in [6.07, 6.45) is 1.13. The van der Waals surface area contributed by atoms with Gasteiger partial charge in [0.1, 0.15) is 0 Å². The van der Waals surface area contributed by atoms with Crippen LogP contribution in [-0.2, 0) is 10.5 Å². The predicted molar refractivity (Wildman–Crippen MR) is 104 cm³/mol. The Morgan fingerprint density at radius 3 is 2.67 bits per heavy atom. The molecule has 24 heavy (non-hydrogen) atoms. The third-order valence-electron chi connectivity index (χ3n) is 4.83. The number of carbonyl (C=O) groups excluding carboxylic acids is 1. The summed E-state index contributed by atoms with van der Waals surface area (Å²) in [5, 5.41) is 3.44.